The Labute approximate surface area is 152 Å². The predicted molar refractivity (Wildman–Crippen MR) is 98.7 cm³/mol. The van der Waals surface area contributed by atoms with Crippen molar-refractivity contribution in [2.75, 3.05) is 6.61 Å². The van der Waals surface area contributed by atoms with Gasteiger partial charge in [-0.2, -0.15) is 0 Å². The maximum atomic E-state index is 12.7. The lowest BCUT2D eigenvalue weighted by atomic mass is 9.99. The first-order valence-corrected chi connectivity index (χ1v) is 8.95. The number of fused-ring (bicyclic) bond motifs is 1. The first-order chi connectivity index (χ1) is 12.7. The van der Waals surface area contributed by atoms with Gasteiger partial charge >= 0.3 is 0 Å². The maximum Gasteiger partial charge on any atom is 0.226 e. The predicted octanol–water partition coefficient (Wildman–Crippen LogP) is 1.88. The number of amidine groups is 1. The second-order valence-electron chi connectivity index (χ2n) is 6.72. The third kappa shape index (κ3) is 3.46. The van der Waals surface area contributed by atoms with E-state index in [4.69, 9.17) is 10.5 Å². The van der Waals surface area contributed by atoms with Crippen LogP contribution in [0.2, 0.25) is 0 Å². The molecule has 1 amide bonds. The van der Waals surface area contributed by atoms with Gasteiger partial charge in [-0.15, -0.1) is 0 Å². The first kappa shape index (κ1) is 16.7. The van der Waals surface area contributed by atoms with Crippen molar-refractivity contribution in [1.82, 2.24) is 10.3 Å². The highest BCUT2D eigenvalue weighted by molar-refractivity contribution is 6.00. The lowest BCUT2D eigenvalue weighted by Crippen LogP contribution is -2.37. The summed E-state index contributed by atoms with van der Waals surface area (Å²) in [6, 6.07) is 11.8. The summed E-state index contributed by atoms with van der Waals surface area (Å²) < 4.78 is 5.83. The lowest BCUT2D eigenvalue weighted by molar-refractivity contribution is -0.122. The number of pyridine rings is 1. The van der Waals surface area contributed by atoms with Gasteiger partial charge in [-0.05, 0) is 30.0 Å². The van der Waals surface area contributed by atoms with Crippen molar-refractivity contribution in [3.63, 3.8) is 0 Å². The van der Waals surface area contributed by atoms with Gasteiger partial charge in [0, 0.05) is 18.4 Å². The molecule has 1 aromatic heterocycles. The molecule has 0 unspecified atom stereocenters. The molecular weight excluding hydrogens is 328 g/mol. The standard InChI is InChI=1S/C20H22N4O2/c21-20-16-12-22-15(9-14(16)11-23-20)10-18(25)24-19(17-7-4-8-26-17)13-5-2-1-3-6-13/h1-3,5-6,9,12,17,19H,4,7-8,10-11H2,(H2,21,23)(H,24,25)/t17-,19-/m0/s1. The van der Waals surface area contributed by atoms with Crippen LogP contribution in [0, 0.1) is 0 Å². The molecule has 1 aromatic carbocycles. The minimum absolute atomic E-state index is 0.0162. The van der Waals surface area contributed by atoms with E-state index in [1.807, 2.05) is 36.4 Å². The van der Waals surface area contributed by atoms with Gasteiger partial charge < -0.3 is 15.8 Å². The SMILES string of the molecule is NC1=NCc2cc(CC(=O)N[C@@H](c3ccccc3)[C@@H]3CCCO3)ncc21. The summed E-state index contributed by atoms with van der Waals surface area (Å²) in [5.41, 5.74) is 9.51. The number of hydrogen-bond acceptors (Lipinski definition) is 5. The molecule has 0 saturated carbocycles. The van der Waals surface area contributed by atoms with Gasteiger partial charge in [0.2, 0.25) is 5.91 Å². The maximum absolute atomic E-state index is 12.7. The average molecular weight is 350 g/mol. The minimum Gasteiger partial charge on any atom is -0.383 e. The van der Waals surface area contributed by atoms with Crippen LogP contribution in [-0.2, 0) is 22.5 Å². The Morgan fingerprint density at radius 3 is 2.96 bits per heavy atom. The number of aromatic nitrogens is 1. The third-order valence-electron chi connectivity index (χ3n) is 4.90. The third-order valence-corrected chi connectivity index (χ3v) is 4.90. The number of rotatable bonds is 5. The quantitative estimate of drug-likeness (QED) is 0.861. The smallest absolute Gasteiger partial charge is 0.226 e. The molecule has 2 aliphatic heterocycles. The van der Waals surface area contributed by atoms with Gasteiger partial charge in [0.25, 0.3) is 0 Å². The van der Waals surface area contributed by atoms with Crippen molar-refractivity contribution in [2.45, 2.75) is 38.0 Å². The number of carbonyl (C=O) groups is 1. The number of hydrogen-bond donors (Lipinski definition) is 2. The Morgan fingerprint density at radius 1 is 1.35 bits per heavy atom. The molecule has 3 heterocycles. The normalized spacial score (nSPS) is 19.7. The molecule has 1 saturated heterocycles. The number of nitrogens with zero attached hydrogens (tertiary/aromatic N) is 2. The van der Waals surface area contributed by atoms with Gasteiger partial charge in [0.1, 0.15) is 5.84 Å². The van der Waals surface area contributed by atoms with Crippen molar-refractivity contribution < 1.29 is 9.53 Å². The number of nitrogens with one attached hydrogen (secondary N) is 1. The van der Waals surface area contributed by atoms with E-state index in [1.54, 1.807) is 6.20 Å². The highest BCUT2D eigenvalue weighted by Gasteiger charge is 2.28. The van der Waals surface area contributed by atoms with Crippen LogP contribution in [0.4, 0.5) is 0 Å². The van der Waals surface area contributed by atoms with E-state index in [1.165, 1.54) is 0 Å². The second kappa shape index (κ2) is 7.25. The van der Waals surface area contributed by atoms with Crippen molar-refractivity contribution >= 4 is 11.7 Å². The fourth-order valence-corrected chi connectivity index (χ4v) is 3.57. The molecule has 6 heteroatoms. The van der Waals surface area contributed by atoms with E-state index >= 15 is 0 Å². The second-order valence-corrected chi connectivity index (χ2v) is 6.72. The first-order valence-electron chi connectivity index (χ1n) is 8.95. The molecule has 0 radical (unpaired) electrons. The Balaban J connectivity index is 1.47. The minimum atomic E-state index is -0.139. The highest BCUT2D eigenvalue weighted by atomic mass is 16.5. The van der Waals surface area contributed by atoms with E-state index in [9.17, 15) is 4.79 Å². The molecule has 6 nitrogen and oxygen atoms in total. The van der Waals surface area contributed by atoms with E-state index in [2.05, 4.69) is 15.3 Å². The molecule has 2 aliphatic rings. The summed E-state index contributed by atoms with van der Waals surface area (Å²) in [7, 11) is 0. The summed E-state index contributed by atoms with van der Waals surface area (Å²) in [6.07, 6.45) is 3.93. The van der Waals surface area contributed by atoms with Crippen LogP contribution in [0.3, 0.4) is 0 Å². The van der Waals surface area contributed by atoms with Crippen molar-refractivity contribution in [1.29, 1.82) is 0 Å². The summed E-state index contributed by atoms with van der Waals surface area (Å²) in [5.74, 6) is 0.458. The zero-order valence-corrected chi connectivity index (χ0v) is 14.5. The van der Waals surface area contributed by atoms with Gasteiger partial charge in [-0.25, -0.2) is 0 Å². The molecule has 0 spiro atoms. The van der Waals surface area contributed by atoms with Crippen LogP contribution in [-0.4, -0.2) is 29.4 Å². The van der Waals surface area contributed by atoms with Crippen LogP contribution >= 0.6 is 0 Å². The van der Waals surface area contributed by atoms with E-state index in [-0.39, 0.29) is 24.5 Å². The van der Waals surface area contributed by atoms with Crippen LogP contribution < -0.4 is 11.1 Å². The number of ether oxygens (including phenoxy) is 1. The van der Waals surface area contributed by atoms with Gasteiger partial charge in [-0.1, -0.05) is 30.3 Å². The van der Waals surface area contributed by atoms with Crippen LogP contribution in [0.5, 0.6) is 0 Å². The highest BCUT2D eigenvalue weighted by Crippen LogP contribution is 2.27. The Morgan fingerprint density at radius 2 is 2.19 bits per heavy atom. The molecule has 3 N–H and O–H groups in total. The Bertz CT molecular complexity index is 829. The van der Waals surface area contributed by atoms with Crippen molar-refractivity contribution in [3.8, 4) is 0 Å². The summed E-state index contributed by atoms with van der Waals surface area (Å²) in [4.78, 5) is 21.2. The summed E-state index contributed by atoms with van der Waals surface area (Å²) in [6.45, 7) is 1.30. The molecule has 1 fully saturated rings. The molecule has 26 heavy (non-hydrogen) atoms. The molecule has 0 aliphatic carbocycles. The van der Waals surface area contributed by atoms with Gasteiger partial charge in [-0.3, -0.25) is 14.8 Å². The molecular formula is C20H22N4O2. The zero-order valence-electron chi connectivity index (χ0n) is 14.5. The van der Waals surface area contributed by atoms with Gasteiger partial charge in [0.05, 0.1) is 30.8 Å². The summed E-state index contributed by atoms with van der Waals surface area (Å²) >= 11 is 0. The van der Waals surface area contributed by atoms with Crippen molar-refractivity contribution in [3.05, 3.63) is 65.0 Å². The van der Waals surface area contributed by atoms with Gasteiger partial charge in [0.15, 0.2) is 0 Å². The number of nitrogens with two attached hydrogens (primary N) is 1. The Kier molecular flexibility index (Phi) is 4.67. The van der Waals surface area contributed by atoms with E-state index < -0.39 is 0 Å². The molecule has 0 bridgehead atoms. The zero-order chi connectivity index (χ0) is 17.9. The number of benzene rings is 1. The fraction of sp³-hybridized carbons (Fsp3) is 0.350. The topological polar surface area (TPSA) is 89.6 Å². The molecule has 4 rings (SSSR count). The average Bonchev–Trinajstić information content (AvgIpc) is 3.31. The number of aliphatic imine (C=N–C) groups is 1. The largest absolute Gasteiger partial charge is 0.383 e. The van der Waals surface area contributed by atoms with Crippen LogP contribution in [0.25, 0.3) is 0 Å². The summed E-state index contributed by atoms with van der Waals surface area (Å²) in [5, 5.41) is 3.14. The van der Waals surface area contributed by atoms with Crippen LogP contribution in [0.15, 0.2) is 47.6 Å². The van der Waals surface area contributed by atoms with Crippen LogP contribution in [0.1, 0.15) is 41.3 Å². The molecule has 134 valence electrons. The Hall–Kier alpha value is -2.73. The number of amides is 1. The molecule has 2 atom stereocenters. The van der Waals surface area contributed by atoms with Crippen molar-refractivity contribution in [2.24, 2.45) is 10.7 Å². The lowest BCUT2D eigenvalue weighted by Gasteiger charge is -2.24. The monoisotopic (exact) mass is 350 g/mol. The fourth-order valence-electron chi connectivity index (χ4n) is 3.57. The number of carbonyl (C=O) groups excluding carboxylic acids is 1. The van der Waals surface area contributed by atoms with E-state index in [0.29, 0.717) is 12.4 Å². The molecule has 2 aromatic rings. The van der Waals surface area contributed by atoms with E-state index in [0.717, 1.165) is 41.8 Å².